The number of nitrogens with two attached hydrogens (primary N) is 1. The van der Waals surface area contributed by atoms with Crippen LogP contribution in [0.3, 0.4) is 0 Å². The van der Waals surface area contributed by atoms with Gasteiger partial charge in [0.2, 0.25) is 5.91 Å². The van der Waals surface area contributed by atoms with Crippen molar-refractivity contribution in [1.82, 2.24) is 5.32 Å². The molecule has 2 atom stereocenters. The van der Waals surface area contributed by atoms with E-state index in [1.54, 1.807) is 13.8 Å². The van der Waals surface area contributed by atoms with Crippen LogP contribution in [-0.4, -0.2) is 17.4 Å². The summed E-state index contributed by atoms with van der Waals surface area (Å²) in [6, 6.07) is 0. The summed E-state index contributed by atoms with van der Waals surface area (Å²) in [4.78, 5) is 12.1. The van der Waals surface area contributed by atoms with E-state index in [0.29, 0.717) is 11.8 Å². The van der Waals surface area contributed by atoms with Crippen molar-refractivity contribution in [2.75, 3.05) is 6.54 Å². The van der Waals surface area contributed by atoms with Crippen LogP contribution in [0.25, 0.3) is 0 Å². The van der Waals surface area contributed by atoms with Crippen molar-refractivity contribution in [3.63, 3.8) is 0 Å². The van der Waals surface area contributed by atoms with E-state index in [9.17, 15) is 4.79 Å². The molecule has 0 bridgehead atoms. The maximum Gasteiger partial charge on any atom is 0.232 e. The second kappa shape index (κ2) is 5.13. The number of carbonyl (C=O) groups is 1. The van der Waals surface area contributed by atoms with Crippen molar-refractivity contribution >= 4 is 23.1 Å². The molecule has 92 valence electrons. The van der Waals surface area contributed by atoms with Crippen molar-refractivity contribution in [2.45, 2.75) is 40.0 Å². The number of thiocarbonyl (C=S) groups is 1. The molecule has 0 aromatic carbocycles. The molecule has 1 rings (SSSR count). The Bertz CT molecular complexity index is 289. The molecule has 2 unspecified atom stereocenters. The molecule has 1 aliphatic rings. The molecule has 1 fully saturated rings. The van der Waals surface area contributed by atoms with Gasteiger partial charge in [0, 0.05) is 6.54 Å². The van der Waals surface area contributed by atoms with E-state index in [2.05, 4.69) is 12.2 Å². The van der Waals surface area contributed by atoms with Crippen LogP contribution in [0.2, 0.25) is 0 Å². The van der Waals surface area contributed by atoms with Crippen molar-refractivity contribution < 1.29 is 4.79 Å². The largest absolute Gasteiger partial charge is 0.392 e. The summed E-state index contributed by atoms with van der Waals surface area (Å²) in [5.74, 6) is 1.28. The normalized spacial score (nSPS) is 25.4. The molecule has 1 saturated carbocycles. The minimum Gasteiger partial charge on any atom is -0.392 e. The van der Waals surface area contributed by atoms with Gasteiger partial charge in [0.15, 0.2) is 0 Å². The fourth-order valence-electron chi connectivity index (χ4n) is 2.08. The fourth-order valence-corrected chi connectivity index (χ4v) is 2.17. The van der Waals surface area contributed by atoms with E-state index in [-0.39, 0.29) is 10.9 Å². The molecular formula is C12H22N2OS. The average Bonchev–Trinajstić information content (AvgIpc) is 2.60. The van der Waals surface area contributed by atoms with E-state index in [1.807, 2.05) is 0 Å². The highest BCUT2D eigenvalue weighted by atomic mass is 32.1. The number of nitrogens with one attached hydrogen (secondary N) is 1. The standard InChI is InChI=1S/C12H22N2OS/c1-8-5-4-6-9(8)7-14-11(15)12(2,3)10(13)16/h8-9H,4-7H2,1-3H3,(H2,13,16)(H,14,15). The quantitative estimate of drug-likeness (QED) is 0.740. The average molecular weight is 242 g/mol. The van der Waals surface area contributed by atoms with E-state index in [4.69, 9.17) is 18.0 Å². The summed E-state index contributed by atoms with van der Waals surface area (Å²) >= 11 is 4.90. The van der Waals surface area contributed by atoms with Crippen LogP contribution >= 0.6 is 12.2 Å². The van der Waals surface area contributed by atoms with Crippen LogP contribution in [0.4, 0.5) is 0 Å². The summed E-state index contributed by atoms with van der Waals surface area (Å²) in [6.45, 7) is 6.54. The summed E-state index contributed by atoms with van der Waals surface area (Å²) < 4.78 is 0. The smallest absolute Gasteiger partial charge is 0.232 e. The molecule has 0 aliphatic heterocycles. The van der Waals surface area contributed by atoms with E-state index in [1.165, 1.54) is 19.3 Å². The number of rotatable bonds is 4. The lowest BCUT2D eigenvalue weighted by Crippen LogP contribution is -2.46. The lowest BCUT2D eigenvalue weighted by atomic mass is 9.91. The SMILES string of the molecule is CC1CCCC1CNC(=O)C(C)(C)C(N)=S. The van der Waals surface area contributed by atoms with Gasteiger partial charge < -0.3 is 11.1 Å². The van der Waals surface area contributed by atoms with Crippen LogP contribution < -0.4 is 11.1 Å². The summed E-state index contributed by atoms with van der Waals surface area (Å²) in [5, 5.41) is 2.97. The number of carbonyl (C=O) groups excluding carboxylic acids is 1. The van der Waals surface area contributed by atoms with Crippen molar-refractivity contribution in [3.05, 3.63) is 0 Å². The molecule has 0 radical (unpaired) electrons. The maximum absolute atomic E-state index is 11.9. The van der Waals surface area contributed by atoms with Gasteiger partial charge in [0.05, 0.1) is 10.4 Å². The van der Waals surface area contributed by atoms with Gasteiger partial charge in [-0.1, -0.05) is 32.0 Å². The fraction of sp³-hybridized carbons (Fsp3) is 0.833. The second-order valence-corrected chi connectivity index (χ2v) is 5.81. The molecule has 16 heavy (non-hydrogen) atoms. The van der Waals surface area contributed by atoms with Crippen molar-refractivity contribution in [3.8, 4) is 0 Å². The Morgan fingerprint density at radius 2 is 2.12 bits per heavy atom. The van der Waals surface area contributed by atoms with Gasteiger partial charge in [-0.15, -0.1) is 0 Å². The van der Waals surface area contributed by atoms with Crippen LogP contribution in [0.15, 0.2) is 0 Å². The van der Waals surface area contributed by atoms with Gasteiger partial charge in [0.1, 0.15) is 0 Å². The first-order chi connectivity index (χ1) is 7.35. The lowest BCUT2D eigenvalue weighted by Gasteiger charge is -2.24. The zero-order valence-electron chi connectivity index (χ0n) is 10.4. The van der Waals surface area contributed by atoms with Crippen molar-refractivity contribution in [1.29, 1.82) is 0 Å². The minimum absolute atomic E-state index is 0.0564. The highest BCUT2D eigenvalue weighted by Crippen LogP contribution is 2.30. The number of hydrogen-bond acceptors (Lipinski definition) is 2. The molecule has 0 spiro atoms. The summed E-state index contributed by atoms with van der Waals surface area (Å²) in [6.07, 6.45) is 3.77. The van der Waals surface area contributed by atoms with Gasteiger partial charge in [-0.05, 0) is 32.1 Å². The second-order valence-electron chi connectivity index (χ2n) is 5.37. The van der Waals surface area contributed by atoms with E-state index in [0.717, 1.165) is 6.54 Å². The molecule has 4 heteroatoms. The first-order valence-corrected chi connectivity index (χ1v) is 6.34. The molecule has 3 N–H and O–H groups in total. The maximum atomic E-state index is 11.9. The van der Waals surface area contributed by atoms with E-state index >= 15 is 0 Å². The first kappa shape index (κ1) is 13.4. The molecule has 3 nitrogen and oxygen atoms in total. The third-order valence-corrected chi connectivity index (χ3v) is 4.26. The Kier molecular flexibility index (Phi) is 4.30. The lowest BCUT2D eigenvalue weighted by molar-refractivity contribution is -0.126. The van der Waals surface area contributed by atoms with Gasteiger partial charge in [-0.3, -0.25) is 4.79 Å². The predicted octanol–water partition coefficient (Wildman–Crippen LogP) is 1.85. The Balaban J connectivity index is 2.43. The molecule has 1 amide bonds. The Hall–Kier alpha value is -0.640. The zero-order valence-corrected chi connectivity index (χ0v) is 11.2. The highest BCUT2D eigenvalue weighted by molar-refractivity contribution is 7.80. The van der Waals surface area contributed by atoms with Crippen LogP contribution in [-0.2, 0) is 4.79 Å². The first-order valence-electron chi connectivity index (χ1n) is 5.94. The molecule has 0 aromatic rings. The van der Waals surface area contributed by atoms with Gasteiger partial charge in [0.25, 0.3) is 0 Å². The van der Waals surface area contributed by atoms with Gasteiger partial charge >= 0.3 is 0 Å². The predicted molar refractivity (Wildman–Crippen MR) is 70.1 cm³/mol. The molecule has 0 aromatic heterocycles. The molecular weight excluding hydrogens is 220 g/mol. The molecule has 0 heterocycles. The van der Waals surface area contributed by atoms with Crippen LogP contribution in [0, 0.1) is 17.3 Å². The Morgan fingerprint density at radius 3 is 2.56 bits per heavy atom. The zero-order chi connectivity index (χ0) is 12.3. The third-order valence-electron chi connectivity index (χ3n) is 3.75. The van der Waals surface area contributed by atoms with Crippen LogP contribution in [0.5, 0.6) is 0 Å². The highest BCUT2D eigenvalue weighted by Gasteiger charge is 2.32. The third kappa shape index (κ3) is 2.94. The molecule has 1 aliphatic carbocycles. The van der Waals surface area contributed by atoms with E-state index < -0.39 is 5.41 Å². The number of hydrogen-bond donors (Lipinski definition) is 2. The van der Waals surface area contributed by atoms with Crippen molar-refractivity contribution in [2.24, 2.45) is 23.0 Å². The Morgan fingerprint density at radius 1 is 1.50 bits per heavy atom. The van der Waals surface area contributed by atoms with Crippen LogP contribution in [0.1, 0.15) is 40.0 Å². The minimum atomic E-state index is -0.739. The summed E-state index contributed by atoms with van der Waals surface area (Å²) in [7, 11) is 0. The monoisotopic (exact) mass is 242 g/mol. The topological polar surface area (TPSA) is 55.1 Å². The van der Waals surface area contributed by atoms with Gasteiger partial charge in [-0.25, -0.2) is 0 Å². The summed E-state index contributed by atoms with van der Waals surface area (Å²) in [5.41, 5.74) is 4.81. The number of amides is 1. The molecule has 0 saturated heterocycles. The van der Waals surface area contributed by atoms with Gasteiger partial charge in [-0.2, -0.15) is 0 Å². The Labute approximate surface area is 103 Å².